The Kier molecular flexibility index (Phi) is 5.01. The lowest BCUT2D eigenvalue weighted by Gasteiger charge is -2.30. The van der Waals surface area contributed by atoms with E-state index in [1.165, 1.54) is 37.9 Å². The van der Waals surface area contributed by atoms with E-state index in [1.54, 1.807) is 0 Å². The van der Waals surface area contributed by atoms with Gasteiger partial charge in [-0.05, 0) is 43.6 Å². The van der Waals surface area contributed by atoms with Crippen LogP contribution in [0.3, 0.4) is 0 Å². The van der Waals surface area contributed by atoms with Crippen LogP contribution < -0.4 is 0 Å². The molecule has 0 aliphatic carbocycles. The summed E-state index contributed by atoms with van der Waals surface area (Å²) in [4.78, 5) is 2.48. The van der Waals surface area contributed by atoms with E-state index in [0.717, 1.165) is 11.0 Å². The fraction of sp³-hybridized carbons (Fsp3) is 0.571. The first-order valence-electron chi connectivity index (χ1n) is 6.38. The van der Waals surface area contributed by atoms with Crippen molar-refractivity contribution in [3.63, 3.8) is 0 Å². The maximum atomic E-state index is 9.56. The van der Waals surface area contributed by atoms with E-state index in [9.17, 15) is 5.11 Å². The number of rotatable bonds is 4. The molecule has 3 heteroatoms. The minimum Gasteiger partial charge on any atom is -0.396 e. The second-order valence-electron chi connectivity index (χ2n) is 4.80. The minimum absolute atomic E-state index is 0.229. The van der Waals surface area contributed by atoms with E-state index in [4.69, 9.17) is 0 Å². The molecule has 1 aromatic rings. The molecule has 0 amide bonds. The Labute approximate surface area is 112 Å². The zero-order valence-electron chi connectivity index (χ0n) is 10.1. The lowest BCUT2D eigenvalue weighted by atomic mass is 9.98. The van der Waals surface area contributed by atoms with Crippen LogP contribution in [0.4, 0.5) is 0 Å². The van der Waals surface area contributed by atoms with Crippen molar-refractivity contribution < 1.29 is 5.11 Å². The Morgan fingerprint density at radius 2 is 2.00 bits per heavy atom. The molecule has 1 fully saturated rings. The number of piperidine rings is 1. The Morgan fingerprint density at radius 1 is 1.24 bits per heavy atom. The molecule has 1 unspecified atom stereocenters. The summed E-state index contributed by atoms with van der Waals surface area (Å²) in [6, 6.07) is 8.29. The van der Waals surface area contributed by atoms with E-state index < -0.39 is 0 Å². The molecule has 1 aliphatic rings. The van der Waals surface area contributed by atoms with E-state index in [2.05, 4.69) is 33.0 Å². The predicted octanol–water partition coefficient (Wildman–Crippen LogP) is 3.01. The standard InChI is InChI=1S/C14H20BrNO/c15-14-6-4-5-12(9-14)13(11-17)10-16-7-2-1-3-8-16/h4-6,9,13,17H,1-3,7-8,10-11H2. The van der Waals surface area contributed by atoms with Gasteiger partial charge in [0.2, 0.25) is 0 Å². The summed E-state index contributed by atoms with van der Waals surface area (Å²) in [6.45, 7) is 3.58. The van der Waals surface area contributed by atoms with Gasteiger partial charge in [0.1, 0.15) is 0 Å². The molecule has 1 heterocycles. The van der Waals surface area contributed by atoms with Crippen LogP contribution in [-0.4, -0.2) is 36.2 Å². The Morgan fingerprint density at radius 3 is 2.65 bits per heavy atom. The van der Waals surface area contributed by atoms with Crippen molar-refractivity contribution in [1.29, 1.82) is 0 Å². The van der Waals surface area contributed by atoms with Gasteiger partial charge in [0, 0.05) is 16.9 Å². The highest BCUT2D eigenvalue weighted by Gasteiger charge is 2.17. The maximum Gasteiger partial charge on any atom is 0.0512 e. The maximum absolute atomic E-state index is 9.56. The van der Waals surface area contributed by atoms with Crippen molar-refractivity contribution in [2.45, 2.75) is 25.2 Å². The van der Waals surface area contributed by atoms with Crippen LogP contribution in [0.25, 0.3) is 0 Å². The topological polar surface area (TPSA) is 23.5 Å². The largest absolute Gasteiger partial charge is 0.396 e. The number of hydrogen-bond donors (Lipinski definition) is 1. The number of nitrogens with zero attached hydrogens (tertiary/aromatic N) is 1. The highest BCUT2D eigenvalue weighted by atomic mass is 79.9. The quantitative estimate of drug-likeness (QED) is 0.923. The Balaban J connectivity index is 2.00. The highest BCUT2D eigenvalue weighted by Crippen LogP contribution is 2.22. The number of hydrogen-bond acceptors (Lipinski definition) is 2. The smallest absolute Gasteiger partial charge is 0.0512 e. The van der Waals surface area contributed by atoms with Gasteiger partial charge in [-0.1, -0.05) is 34.5 Å². The molecule has 2 rings (SSSR count). The van der Waals surface area contributed by atoms with Gasteiger partial charge in [0.15, 0.2) is 0 Å². The number of halogens is 1. The first kappa shape index (κ1) is 13.1. The summed E-state index contributed by atoms with van der Waals surface area (Å²) in [5.41, 5.74) is 1.23. The molecule has 17 heavy (non-hydrogen) atoms. The summed E-state index contributed by atoms with van der Waals surface area (Å²) in [6.07, 6.45) is 3.96. The monoisotopic (exact) mass is 297 g/mol. The van der Waals surface area contributed by atoms with E-state index in [-0.39, 0.29) is 12.5 Å². The van der Waals surface area contributed by atoms with Crippen molar-refractivity contribution in [2.75, 3.05) is 26.2 Å². The van der Waals surface area contributed by atoms with Crippen LogP contribution in [-0.2, 0) is 0 Å². The molecule has 2 nitrogen and oxygen atoms in total. The number of aliphatic hydroxyl groups is 1. The Bertz CT molecular complexity index is 350. The molecule has 1 atom stereocenters. The highest BCUT2D eigenvalue weighted by molar-refractivity contribution is 9.10. The van der Waals surface area contributed by atoms with E-state index in [1.807, 2.05) is 12.1 Å². The third-order valence-corrected chi connectivity index (χ3v) is 3.96. The predicted molar refractivity (Wildman–Crippen MR) is 74.3 cm³/mol. The van der Waals surface area contributed by atoms with Crippen molar-refractivity contribution in [3.05, 3.63) is 34.3 Å². The summed E-state index contributed by atoms with van der Waals surface area (Å²) in [7, 11) is 0. The van der Waals surface area contributed by atoms with Crippen LogP contribution in [0.1, 0.15) is 30.7 Å². The van der Waals surface area contributed by atoms with Gasteiger partial charge >= 0.3 is 0 Å². The van der Waals surface area contributed by atoms with Crippen LogP contribution in [0.2, 0.25) is 0 Å². The SMILES string of the molecule is OCC(CN1CCCCC1)c1cccc(Br)c1. The van der Waals surface area contributed by atoms with Gasteiger partial charge in [-0.3, -0.25) is 0 Å². The molecular weight excluding hydrogens is 278 g/mol. The summed E-state index contributed by atoms with van der Waals surface area (Å²) in [5.74, 6) is 0.241. The summed E-state index contributed by atoms with van der Waals surface area (Å²) < 4.78 is 1.09. The fourth-order valence-electron chi connectivity index (χ4n) is 2.48. The van der Waals surface area contributed by atoms with Crippen molar-refractivity contribution in [3.8, 4) is 0 Å². The average Bonchev–Trinajstić information content (AvgIpc) is 2.37. The van der Waals surface area contributed by atoms with Gasteiger partial charge in [-0.2, -0.15) is 0 Å². The van der Waals surface area contributed by atoms with Crippen molar-refractivity contribution in [1.82, 2.24) is 4.90 Å². The second-order valence-corrected chi connectivity index (χ2v) is 5.71. The number of benzene rings is 1. The fourth-order valence-corrected chi connectivity index (χ4v) is 2.90. The van der Waals surface area contributed by atoms with Crippen LogP contribution in [0, 0.1) is 0 Å². The molecular formula is C14H20BrNO. The molecule has 1 aromatic carbocycles. The van der Waals surface area contributed by atoms with Crippen LogP contribution in [0.15, 0.2) is 28.7 Å². The molecule has 1 saturated heterocycles. The third kappa shape index (κ3) is 3.80. The van der Waals surface area contributed by atoms with Crippen molar-refractivity contribution in [2.24, 2.45) is 0 Å². The Hall–Kier alpha value is -0.380. The normalized spacial score (nSPS) is 19.2. The second kappa shape index (κ2) is 6.53. The first-order chi connectivity index (χ1) is 8.29. The molecule has 1 N–H and O–H groups in total. The van der Waals surface area contributed by atoms with Crippen molar-refractivity contribution >= 4 is 15.9 Å². The lowest BCUT2D eigenvalue weighted by Crippen LogP contribution is -2.34. The molecule has 0 spiro atoms. The molecule has 0 saturated carbocycles. The molecule has 0 bridgehead atoms. The van der Waals surface area contributed by atoms with Crippen LogP contribution in [0.5, 0.6) is 0 Å². The van der Waals surface area contributed by atoms with E-state index in [0.29, 0.717) is 0 Å². The van der Waals surface area contributed by atoms with Crippen LogP contribution >= 0.6 is 15.9 Å². The summed E-state index contributed by atoms with van der Waals surface area (Å²) in [5, 5.41) is 9.56. The first-order valence-corrected chi connectivity index (χ1v) is 7.17. The summed E-state index contributed by atoms with van der Waals surface area (Å²) >= 11 is 3.49. The van der Waals surface area contributed by atoms with Gasteiger partial charge in [0.25, 0.3) is 0 Å². The lowest BCUT2D eigenvalue weighted by molar-refractivity contribution is 0.179. The zero-order chi connectivity index (χ0) is 12.1. The molecule has 1 aliphatic heterocycles. The van der Waals surface area contributed by atoms with Gasteiger partial charge < -0.3 is 10.0 Å². The number of likely N-dealkylation sites (tertiary alicyclic amines) is 1. The van der Waals surface area contributed by atoms with Gasteiger partial charge in [0.05, 0.1) is 6.61 Å². The molecule has 0 aromatic heterocycles. The molecule has 94 valence electrons. The van der Waals surface area contributed by atoms with Gasteiger partial charge in [-0.25, -0.2) is 0 Å². The number of aliphatic hydroxyl groups excluding tert-OH is 1. The van der Waals surface area contributed by atoms with Gasteiger partial charge in [-0.15, -0.1) is 0 Å². The zero-order valence-corrected chi connectivity index (χ0v) is 11.7. The minimum atomic E-state index is 0.229. The molecule has 0 radical (unpaired) electrons. The average molecular weight is 298 g/mol. The van der Waals surface area contributed by atoms with E-state index >= 15 is 0 Å². The third-order valence-electron chi connectivity index (χ3n) is 3.47.